The molecular weight excluding hydrogens is 242 g/mol. The summed E-state index contributed by atoms with van der Waals surface area (Å²) in [7, 11) is 1.34. The minimum atomic E-state index is -0.402. The van der Waals surface area contributed by atoms with Crippen molar-refractivity contribution >= 4 is 11.7 Å². The van der Waals surface area contributed by atoms with Crippen molar-refractivity contribution in [3.63, 3.8) is 0 Å². The molecule has 0 saturated heterocycles. The molecule has 0 aliphatic carbocycles. The first-order valence-electron chi connectivity index (χ1n) is 5.84. The lowest BCUT2D eigenvalue weighted by atomic mass is 9.97. The third-order valence-electron chi connectivity index (χ3n) is 2.92. The molecule has 0 unspecified atom stereocenters. The number of esters is 1. The molecular formula is C15H15NO3. The highest BCUT2D eigenvalue weighted by Crippen LogP contribution is 2.30. The van der Waals surface area contributed by atoms with Gasteiger partial charge in [-0.25, -0.2) is 4.79 Å². The van der Waals surface area contributed by atoms with Gasteiger partial charge in [0.05, 0.1) is 19.3 Å². The second-order valence-corrected chi connectivity index (χ2v) is 4.12. The Hall–Kier alpha value is -2.33. The molecule has 0 radical (unpaired) electrons. The molecule has 0 atom stereocenters. The number of hydrogen-bond acceptors (Lipinski definition) is 4. The number of ether oxygens (including phenoxy) is 1. The highest BCUT2D eigenvalue weighted by atomic mass is 16.5. The highest BCUT2D eigenvalue weighted by molar-refractivity contribution is 5.98. The molecule has 0 aliphatic heterocycles. The predicted molar refractivity (Wildman–Crippen MR) is 73.6 cm³/mol. The minimum absolute atomic E-state index is 0.0663. The van der Waals surface area contributed by atoms with Gasteiger partial charge in [0.2, 0.25) is 0 Å². The molecule has 0 aliphatic rings. The van der Waals surface area contributed by atoms with E-state index in [0.29, 0.717) is 11.3 Å². The van der Waals surface area contributed by atoms with Crippen molar-refractivity contribution in [2.45, 2.75) is 6.61 Å². The second kappa shape index (κ2) is 5.54. The number of benzene rings is 2. The second-order valence-electron chi connectivity index (χ2n) is 4.12. The lowest BCUT2D eigenvalue weighted by Gasteiger charge is -2.11. The summed E-state index contributed by atoms with van der Waals surface area (Å²) in [5, 5.41) is 9.07. The molecule has 3 N–H and O–H groups in total. The number of aliphatic hydroxyl groups excluding tert-OH is 1. The van der Waals surface area contributed by atoms with E-state index >= 15 is 0 Å². The van der Waals surface area contributed by atoms with Gasteiger partial charge in [-0.05, 0) is 23.3 Å². The molecule has 4 heteroatoms. The van der Waals surface area contributed by atoms with E-state index < -0.39 is 5.97 Å². The van der Waals surface area contributed by atoms with Crippen LogP contribution in [0.5, 0.6) is 0 Å². The molecule has 19 heavy (non-hydrogen) atoms. The number of aliphatic hydroxyl groups is 1. The Bertz CT molecular complexity index is 608. The zero-order valence-electron chi connectivity index (χ0n) is 10.6. The fraction of sp³-hybridized carbons (Fsp3) is 0.133. The van der Waals surface area contributed by atoms with Crippen molar-refractivity contribution in [2.24, 2.45) is 0 Å². The number of anilines is 1. The fourth-order valence-corrected chi connectivity index (χ4v) is 1.96. The Kier molecular flexibility index (Phi) is 3.82. The quantitative estimate of drug-likeness (QED) is 0.653. The smallest absolute Gasteiger partial charge is 0.338 e. The van der Waals surface area contributed by atoms with E-state index in [0.717, 1.165) is 16.7 Å². The van der Waals surface area contributed by atoms with Gasteiger partial charge in [-0.3, -0.25) is 0 Å². The fourth-order valence-electron chi connectivity index (χ4n) is 1.96. The number of nitrogens with two attached hydrogens (primary N) is 1. The van der Waals surface area contributed by atoms with Gasteiger partial charge >= 0.3 is 5.97 Å². The molecule has 0 saturated carbocycles. The largest absolute Gasteiger partial charge is 0.465 e. The van der Waals surface area contributed by atoms with Crippen molar-refractivity contribution < 1.29 is 14.6 Å². The van der Waals surface area contributed by atoms with E-state index in [1.807, 2.05) is 12.1 Å². The van der Waals surface area contributed by atoms with Crippen LogP contribution in [0.2, 0.25) is 0 Å². The van der Waals surface area contributed by atoms with Crippen LogP contribution in [0, 0.1) is 0 Å². The Balaban J connectivity index is 2.56. The Morgan fingerprint density at radius 2 is 1.95 bits per heavy atom. The van der Waals surface area contributed by atoms with Gasteiger partial charge in [0, 0.05) is 11.3 Å². The van der Waals surface area contributed by atoms with E-state index in [1.165, 1.54) is 7.11 Å². The van der Waals surface area contributed by atoms with Crippen LogP contribution in [0.4, 0.5) is 5.69 Å². The molecule has 98 valence electrons. The van der Waals surface area contributed by atoms with E-state index in [2.05, 4.69) is 0 Å². The average Bonchev–Trinajstić information content (AvgIpc) is 2.46. The Labute approximate surface area is 111 Å². The normalized spacial score (nSPS) is 10.2. The number of methoxy groups -OCH3 is 1. The molecule has 0 bridgehead atoms. The summed E-state index contributed by atoms with van der Waals surface area (Å²) in [5.74, 6) is -0.402. The summed E-state index contributed by atoms with van der Waals surface area (Å²) >= 11 is 0. The number of nitrogen functional groups attached to an aromatic ring is 1. The number of rotatable bonds is 3. The topological polar surface area (TPSA) is 72.5 Å². The van der Waals surface area contributed by atoms with E-state index in [9.17, 15) is 4.79 Å². The van der Waals surface area contributed by atoms with Gasteiger partial charge < -0.3 is 15.6 Å². The first-order valence-corrected chi connectivity index (χ1v) is 5.84. The summed E-state index contributed by atoms with van der Waals surface area (Å²) < 4.78 is 4.76. The van der Waals surface area contributed by atoms with Gasteiger partial charge in [-0.2, -0.15) is 0 Å². The number of carbonyl (C=O) groups is 1. The van der Waals surface area contributed by atoms with Crippen molar-refractivity contribution in [1.82, 2.24) is 0 Å². The first kappa shape index (κ1) is 13.1. The summed E-state index contributed by atoms with van der Waals surface area (Å²) in [4.78, 5) is 11.7. The number of carbonyl (C=O) groups excluding carboxylic acids is 1. The number of hydrogen-bond donors (Lipinski definition) is 2. The zero-order chi connectivity index (χ0) is 13.8. The van der Waals surface area contributed by atoms with Crippen molar-refractivity contribution in [3.05, 3.63) is 53.6 Å². The summed E-state index contributed by atoms with van der Waals surface area (Å²) in [6.45, 7) is -0.0663. The predicted octanol–water partition coefficient (Wildman–Crippen LogP) is 2.21. The van der Waals surface area contributed by atoms with E-state index in [-0.39, 0.29) is 6.61 Å². The van der Waals surface area contributed by atoms with Crippen LogP contribution >= 0.6 is 0 Å². The van der Waals surface area contributed by atoms with Gasteiger partial charge in [-0.15, -0.1) is 0 Å². The summed E-state index contributed by atoms with van der Waals surface area (Å²) in [6, 6.07) is 12.4. The maximum atomic E-state index is 11.7. The third kappa shape index (κ3) is 2.58. The van der Waals surface area contributed by atoms with Crippen LogP contribution in [0.3, 0.4) is 0 Å². The first-order chi connectivity index (χ1) is 9.17. The van der Waals surface area contributed by atoms with Crippen molar-refractivity contribution in [1.29, 1.82) is 0 Å². The van der Waals surface area contributed by atoms with Gasteiger partial charge in [-0.1, -0.05) is 30.3 Å². The molecule has 2 rings (SSSR count). The highest BCUT2D eigenvalue weighted by Gasteiger charge is 2.14. The zero-order valence-corrected chi connectivity index (χ0v) is 10.6. The van der Waals surface area contributed by atoms with Crippen LogP contribution in [-0.4, -0.2) is 18.2 Å². The van der Waals surface area contributed by atoms with Crippen LogP contribution in [0.1, 0.15) is 15.9 Å². The van der Waals surface area contributed by atoms with Crippen LogP contribution in [-0.2, 0) is 11.3 Å². The Morgan fingerprint density at radius 3 is 2.58 bits per heavy atom. The summed E-state index contributed by atoms with van der Waals surface area (Å²) in [6.07, 6.45) is 0. The third-order valence-corrected chi connectivity index (χ3v) is 2.92. The molecule has 2 aromatic carbocycles. The lowest BCUT2D eigenvalue weighted by molar-refractivity contribution is 0.0601. The van der Waals surface area contributed by atoms with Crippen LogP contribution in [0.15, 0.2) is 42.5 Å². The Morgan fingerprint density at radius 1 is 1.21 bits per heavy atom. The van der Waals surface area contributed by atoms with E-state index in [4.69, 9.17) is 15.6 Å². The van der Waals surface area contributed by atoms with Crippen molar-refractivity contribution in [2.75, 3.05) is 12.8 Å². The van der Waals surface area contributed by atoms with Crippen molar-refractivity contribution in [3.8, 4) is 11.1 Å². The minimum Gasteiger partial charge on any atom is -0.465 e. The maximum Gasteiger partial charge on any atom is 0.338 e. The molecule has 0 fully saturated rings. The van der Waals surface area contributed by atoms with Crippen LogP contribution < -0.4 is 5.73 Å². The van der Waals surface area contributed by atoms with E-state index in [1.54, 1.807) is 30.3 Å². The molecule has 4 nitrogen and oxygen atoms in total. The van der Waals surface area contributed by atoms with Crippen LogP contribution in [0.25, 0.3) is 11.1 Å². The average molecular weight is 257 g/mol. The van der Waals surface area contributed by atoms with Gasteiger partial charge in [0.15, 0.2) is 0 Å². The molecule has 0 spiro atoms. The van der Waals surface area contributed by atoms with Gasteiger partial charge in [0.25, 0.3) is 0 Å². The molecule has 0 amide bonds. The molecule has 0 heterocycles. The monoisotopic (exact) mass is 257 g/mol. The SMILES string of the molecule is COC(=O)c1ccccc1-c1ccc(CO)cc1N. The molecule has 0 aromatic heterocycles. The van der Waals surface area contributed by atoms with Gasteiger partial charge in [0.1, 0.15) is 0 Å². The lowest BCUT2D eigenvalue weighted by Crippen LogP contribution is -2.04. The molecule has 2 aromatic rings. The summed E-state index contributed by atoms with van der Waals surface area (Å²) in [5.41, 5.74) is 9.16. The maximum absolute atomic E-state index is 11.7. The standard InChI is InChI=1S/C15H15NO3/c1-19-15(18)13-5-3-2-4-11(13)12-7-6-10(9-17)8-14(12)16/h2-8,17H,9,16H2,1H3.